The largest absolute Gasteiger partial charge is 0.496 e. The van der Waals surface area contributed by atoms with Crippen molar-refractivity contribution in [2.45, 2.75) is 19.2 Å². The Morgan fingerprint density at radius 2 is 1.75 bits per heavy atom. The highest BCUT2D eigenvalue weighted by atomic mass is 32.2. The molecule has 2 aromatic carbocycles. The number of methoxy groups -OCH3 is 1. The number of nitrogens with zero attached hydrogens (tertiary/aromatic N) is 1. The molecule has 2 heterocycles. The number of carbonyl (C=O) groups is 2. The third-order valence-electron chi connectivity index (χ3n) is 5.04. The maximum atomic E-state index is 13.4. The molecule has 2 amide bonds. The smallest absolute Gasteiger partial charge is 0.268 e. The van der Waals surface area contributed by atoms with Crippen molar-refractivity contribution in [1.82, 2.24) is 4.90 Å². The first-order valence-corrected chi connectivity index (χ1v) is 11.2. The van der Waals surface area contributed by atoms with Crippen LogP contribution in [0.1, 0.15) is 23.8 Å². The Bertz CT molecular complexity index is 1140. The van der Waals surface area contributed by atoms with Crippen molar-refractivity contribution in [3.8, 4) is 11.5 Å². The number of benzene rings is 2. The fourth-order valence-corrected chi connectivity index (χ4v) is 4.55. The number of carbonyl (C=O) groups excluding carboxylic acids is 2. The van der Waals surface area contributed by atoms with Gasteiger partial charge in [-0.3, -0.25) is 14.5 Å². The molecule has 0 atom stereocenters. The molecule has 0 bridgehead atoms. The van der Waals surface area contributed by atoms with E-state index in [0.717, 1.165) is 11.3 Å². The third kappa shape index (κ3) is 4.43. The Morgan fingerprint density at radius 3 is 2.44 bits per heavy atom. The average Bonchev–Trinajstić information content (AvgIpc) is 3.41. The second-order valence-electron chi connectivity index (χ2n) is 7.04. The van der Waals surface area contributed by atoms with Gasteiger partial charge in [0.15, 0.2) is 0 Å². The van der Waals surface area contributed by atoms with Crippen LogP contribution in [-0.2, 0) is 21.9 Å². The van der Waals surface area contributed by atoms with Crippen LogP contribution in [0.15, 0.2) is 76.2 Å². The van der Waals surface area contributed by atoms with E-state index in [2.05, 4.69) is 0 Å². The Morgan fingerprint density at radius 1 is 0.969 bits per heavy atom. The summed E-state index contributed by atoms with van der Waals surface area (Å²) in [4.78, 5) is 28.5. The van der Waals surface area contributed by atoms with Crippen LogP contribution < -0.4 is 9.47 Å². The van der Waals surface area contributed by atoms with Crippen molar-refractivity contribution in [3.63, 3.8) is 0 Å². The molecule has 32 heavy (non-hydrogen) atoms. The lowest BCUT2D eigenvalue weighted by Gasteiger charge is -2.17. The van der Waals surface area contributed by atoms with Gasteiger partial charge >= 0.3 is 0 Å². The zero-order valence-corrected chi connectivity index (χ0v) is 18.7. The van der Waals surface area contributed by atoms with Crippen LogP contribution in [0, 0.1) is 0 Å². The van der Waals surface area contributed by atoms with E-state index in [1.54, 1.807) is 31.6 Å². The van der Waals surface area contributed by atoms with Crippen molar-refractivity contribution < 1.29 is 23.5 Å². The molecule has 0 aliphatic carbocycles. The number of rotatable bonds is 9. The van der Waals surface area contributed by atoms with Crippen molar-refractivity contribution in [3.05, 3.63) is 88.7 Å². The van der Waals surface area contributed by atoms with Gasteiger partial charge in [-0.2, -0.15) is 0 Å². The van der Waals surface area contributed by atoms with E-state index in [1.807, 2.05) is 49.4 Å². The molecule has 0 N–H and O–H groups in total. The van der Waals surface area contributed by atoms with Crippen LogP contribution in [0.2, 0.25) is 0 Å². The molecule has 1 aliphatic rings. The zero-order valence-electron chi connectivity index (χ0n) is 17.9. The number of para-hydroxylation sites is 1. The fraction of sp³-hybridized carbons (Fsp3) is 0.200. The van der Waals surface area contributed by atoms with E-state index in [9.17, 15) is 9.59 Å². The molecule has 0 radical (unpaired) electrons. The molecule has 164 valence electrons. The molecule has 0 fully saturated rings. The van der Waals surface area contributed by atoms with Gasteiger partial charge in [0.25, 0.3) is 11.8 Å². The van der Waals surface area contributed by atoms with Crippen molar-refractivity contribution >= 4 is 29.1 Å². The van der Waals surface area contributed by atoms with E-state index < -0.39 is 0 Å². The summed E-state index contributed by atoms with van der Waals surface area (Å²) in [5.74, 6) is 1.88. The zero-order chi connectivity index (χ0) is 22.5. The van der Waals surface area contributed by atoms with Crippen molar-refractivity contribution in [2.75, 3.05) is 13.7 Å². The van der Waals surface area contributed by atoms with E-state index >= 15 is 0 Å². The van der Waals surface area contributed by atoms with E-state index in [4.69, 9.17) is 13.9 Å². The number of hydrogen-bond donors (Lipinski definition) is 0. The number of amides is 2. The van der Waals surface area contributed by atoms with Gasteiger partial charge in [-0.15, -0.1) is 11.8 Å². The maximum Gasteiger partial charge on any atom is 0.268 e. The number of thioether (sulfide) groups is 1. The van der Waals surface area contributed by atoms with Gasteiger partial charge in [0.2, 0.25) is 0 Å². The highest BCUT2D eigenvalue weighted by Crippen LogP contribution is 2.39. The topological polar surface area (TPSA) is 69.0 Å². The van der Waals surface area contributed by atoms with Crippen LogP contribution in [-0.4, -0.2) is 30.4 Å². The van der Waals surface area contributed by atoms with Gasteiger partial charge < -0.3 is 13.9 Å². The molecule has 3 aromatic rings. The normalized spacial score (nSPS) is 13.8. The molecule has 6 nitrogen and oxygen atoms in total. The Balaban J connectivity index is 1.67. The summed E-state index contributed by atoms with van der Waals surface area (Å²) in [5, 5.41) is 0. The SMILES string of the molecule is CCOc1ccc(C2=C(SCc3ccco3)C(=O)N(Cc3ccccc3OC)C2=O)cc1. The second-order valence-corrected chi connectivity index (χ2v) is 8.02. The summed E-state index contributed by atoms with van der Waals surface area (Å²) in [6, 6.07) is 18.3. The van der Waals surface area contributed by atoms with Crippen LogP contribution in [0.4, 0.5) is 0 Å². The summed E-state index contributed by atoms with van der Waals surface area (Å²) in [5.41, 5.74) is 1.83. The molecule has 4 rings (SSSR count). The van der Waals surface area contributed by atoms with E-state index in [0.29, 0.717) is 39.9 Å². The lowest BCUT2D eigenvalue weighted by Crippen LogP contribution is -2.31. The first kappa shape index (κ1) is 21.8. The molecule has 0 saturated heterocycles. The van der Waals surface area contributed by atoms with Crippen LogP contribution in [0.25, 0.3) is 5.57 Å². The molecule has 0 unspecified atom stereocenters. The first-order valence-electron chi connectivity index (χ1n) is 10.2. The number of imide groups is 1. The molecule has 7 heteroatoms. The summed E-state index contributed by atoms with van der Waals surface area (Å²) < 4.78 is 16.3. The van der Waals surface area contributed by atoms with E-state index in [1.165, 1.54) is 16.7 Å². The van der Waals surface area contributed by atoms with Crippen molar-refractivity contribution in [2.24, 2.45) is 0 Å². The summed E-state index contributed by atoms with van der Waals surface area (Å²) in [6.07, 6.45) is 1.59. The Kier molecular flexibility index (Phi) is 6.66. The second kappa shape index (κ2) is 9.78. The lowest BCUT2D eigenvalue weighted by molar-refractivity contribution is -0.137. The quantitative estimate of drug-likeness (QED) is 0.433. The minimum atomic E-state index is -0.327. The van der Waals surface area contributed by atoms with Crippen molar-refractivity contribution in [1.29, 1.82) is 0 Å². The summed E-state index contributed by atoms with van der Waals surface area (Å²) in [6.45, 7) is 2.60. The van der Waals surface area contributed by atoms with Gasteiger partial charge in [-0.05, 0) is 42.8 Å². The van der Waals surface area contributed by atoms with Gasteiger partial charge in [-0.25, -0.2) is 0 Å². The molecule has 0 spiro atoms. The average molecular weight is 450 g/mol. The minimum Gasteiger partial charge on any atom is -0.496 e. The maximum absolute atomic E-state index is 13.4. The lowest BCUT2D eigenvalue weighted by atomic mass is 10.1. The van der Waals surface area contributed by atoms with E-state index in [-0.39, 0.29) is 18.4 Å². The van der Waals surface area contributed by atoms with Crippen LogP contribution >= 0.6 is 11.8 Å². The number of furan rings is 1. The monoisotopic (exact) mass is 449 g/mol. The van der Waals surface area contributed by atoms with Crippen LogP contribution in [0.3, 0.4) is 0 Å². The highest BCUT2D eigenvalue weighted by molar-refractivity contribution is 8.03. The molecule has 1 aromatic heterocycles. The fourth-order valence-electron chi connectivity index (χ4n) is 3.51. The highest BCUT2D eigenvalue weighted by Gasteiger charge is 2.39. The first-order chi connectivity index (χ1) is 15.6. The van der Waals surface area contributed by atoms with Gasteiger partial charge in [0.1, 0.15) is 17.3 Å². The Hall–Kier alpha value is -3.45. The molecular formula is C25H23NO5S. The molecule has 1 aliphatic heterocycles. The molecular weight excluding hydrogens is 426 g/mol. The molecule has 0 saturated carbocycles. The number of hydrogen-bond acceptors (Lipinski definition) is 6. The standard InChI is InChI=1S/C25H23NO5S/c1-3-30-19-12-10-17(11-13-19)22-23(32-16-20-8-6-14-31-20)25(28)26(24(22)27)15-18-7-4-5-9-21(18)29-2/h4-14H,3,15-16H2,1-2H3. The van der Waals surface area contributed by atoms with Crippen LogP contribution in [0.5, 0.6) is 11.5 Å². The summed E-state index contributed by atoms with van der Waals surface area (Å²) in [7, 11) is 1.57. The van der Waals surface area contributed by atoms with Gasteiger partial charge in [0, 0.05) is 5.56 Å². The van der Waals surface area contributed by atoms with Gasteiger partial charge in [0.05, 0.1) is 42.8 Å². The number of ether oxygens (including phenoxy) is 2. The predicted octanol–water partition coefficient (Wildman–Crippen LogP) is 4.90. The predicted molar refractivity (Wildman–Crippen MR) is 123 cm³/mol. The third-order valence-corrected chi connectivity index (χ3v) is 6.14. The summed E-state index contributed by atoms with van der Waals surface area (Å²) >= 11 is 1.31. The minimum absolute atomic E-state index is 0.132. The van der Waals surface area contributed by atoms with Gasteiger partial charge in [-0.1, -0.05) is 30.3 Å². The Labute approximate surface area is 190 Å².